The van der Waals surface area contributed by atoms with Crippen molar-refractivity contribution in [2.24, 2.45) is 0 Å². The van der Waals surface area contributed by atoms with Crippen LogP contribution in [0, 0.1) is 0 Å². The van der Waals surface area contributed by atoms with Crippen molar-refractivity contribution in [1.29, 1.82) is 0 Å². The number of benzene rings is 1. The number of hydrogen-bond donors (Lipinski definition) is 1. The van der Waals surface area contributed by atoms with Crippen LogP contribution in [0.15, 0.2) is 35.5 Å². The van der Waals surface area contributed by atoms with Crippen molar-refractivity contribution in [3.8, 4) is 5.69 Å². The van der Waals surface area contributed by atoms with E-state index in [1.165, 1.54) is 19.5 Å². The lowest BCUT2D eigenvalue weighted by molar-refractivity contribution is -0.140. The first-order chi connectivity index (χ1) is 13.4. The molecule has 2 aromatic rings. The van der Waals surface area contributed by atoms with Crippen molar-refractivity contribution in [2.75, 3.05) is 20.2 Å². The number of nitrogens with one attached hydrogen (secondary N) is 1. The maximum absolute atomic E-state index is 13.1. The van der Waals surface area contributed by atoms with Crippen LogP contribution in [0.5, 0.6) is 0 Å². The summed E-state index contributed by atoms with van der Waals surface area (Å²) in [6.07, 6.45) is 3.19. The van der Waals surface area contributed by atoms with Gasteiger partial charge in [-0.15, -0.1) is 0 Å². The number of carbonyl (C=O) groups is 2. The number of para-hydroxylation sites is 1. The van der Waals surface area contributed by atoms with Crippen molar-refractivity contribution in [3.05, 3.63) is 42.0 Å². The van der Waals surface area contributed by atoms with E-state index >= 15 is 0 Å². The topological polar surface area (TPSA) is 111 Å². The van der Waals surface area contributed by atoms with Gasteiger partial charge in [0.1, 0.15) is 17.8 Å². The molecule has 3 rings (SSSR count). The average molecular weight is 406 g/mol. The van der Waals surface area contributed by atoms with E-state index in [1.807, 2.05) is 6.92 Å². The van der Waals surface area contributed by atoms with E-state index in [4.69, 9.17) is 0 Å². The van der Waals surface area contributed by atoms with Gasteiger partial charge in [0.2, 0.25) is 10.0 Å². The molecule has 2 heterocycles. The molecule has 0 radical (unpaired) electrons. The van der Waals surface area contributed by atoms with Crippen molar-refractivity contribution < 1.29 is 22.7 Å². The van der Waals surface area contributed by atoms with E-state index in [0.29, 0.717) is 17.9 Å². The predicted molar refractivity (Wildman–Crippen MR) is 100 cm³/mol. The Morgan fingerprint density at radius 2 is 2.04 bits per heavy atom. The highest BCUT2D eigenvalue weighted by Crippen LogP contribution is 2.31. The number of rotatable bonds is 6. The van der Waals surface area contributed by atoms with Gasteiger partial charge in [0.05, 0.1) is 25.0 Å². The van der Waals surface area contributed by atoms with Gasteiger partial charge < -0.3 is 10.1 Å². The molecule has 0 bridgehead atoms. The number of aromatic nitrogens is 2. The Morgan fingerprint density at radius 1 is 1.29 bits per heavy atom. The largest absolute Gasteiger partial charge is 0.468 e. The third-order valence-corrected chi connectivity index (χ3v) is 6.34. The number of imidazole rings is 1. The minimum absolute atomic E-state index is 0.0352. The van der Waals surface area contributed by atoms with Crippen LogP contribution < -0.4 is 5.32 Å². The molecule has 0 aliphatic carbocycles. The second-order valence-electron chi connectivity index (χ2n) is 6.34. The summed E-state index contributed by atoms with van der Waals surface area (Å²) in [6.45, 7) is 1.88. The number of hydrogen-bond acceptors (Lipinski definition) is 6. The van der Waals surface area contributed by atoms with Crippen LogP contribution in [0.2, 0.25) is 0 Å². The van der Waals surface area contributed by atoms with Crippen molar-refractivity contribution >= 4 is 21.9 Å². The van der Waals surface area contributed by atoms with Gasteiger partial charge in [-0.2, -0.15) is 4.31 Å². The number of ether oxygens (including phenoxy) is 1. The molecule has 0 atom stereocenters. The summed E-state index contributed by atoms with van der Waals surface area (Å²) in [6, 6.07) is 6.41. The first-order valence-corrected chi connectivity index (χ1v) is 10.3. The molecule has 0 fully saturated rings. The van der Waals surface area contributed by atoms with Crippen molar-refractivity contribution in [2.45, 2.75) is 31.2 Å². The molecule has 0 saturated carbocycles. The summed E-state index contributed by atoms with van der Waals surface area (Å²) in [5.74, 6) is -1.07. The molecular weight excluding hydrogens is 384 g/mol. The van der Waals surface area contributed by atoms with E-state index in [0.717, 1.165) is 17.1 Å². The molecule has 1 aromatic heterocycles. The Balaban J connectivity index is 2.09. The maximum atomic E-state index is 13.1. The van der Waals surface area contributed by atoms with Gasteiger partial charge in [-0.05, 0) is 18.6 Å². The Kier molecular flexibility index (Phi) is 5.80. The highest BCUT2D eigenvalue weighted by molar-refractivity contribution is 7.89. The maximum Gasteiger partial charge on any atom is 0.321 e. The Labute approximate surface area is 163 Å². The van der Waals surface area contributed by atoms with Gasteiger partial charge in [0, 0.05) is 6.54 Å². The van der Waals surface area contributed by atoms with E-state index in [2.05, 4.69) is 15.0 Å². The number of fused-ring (bicyclic) bond motifs is 3. The molecule has 0 saturated heterocycles. The van der Waals surface area contributed by atoms with E-state index in [-0.39, 0.29) is 23.0 Å². The summed E-state index contributed by atoms with van der Waals surface area (Å²) in [4.78, 5) is 28.6. The lowest BCUT2D eigenvalue weighted by Crippen LogP contribution is -2.36. The zero-order chi connectivity index (χ0) is 20.3. The standard InChI is InChI=1S/C18H22N4O5S/c1-3-4-9-19-18(24)17-14-10-21(11-16(23)27-2)28(25,26)15-8-6-5-7-13(15)22(14)12-20-17/h5-8,12H,3-4,9-11H2,1-2H3,(H,19,24). The Morgan fingerprint density at radius 3 is 2.75 bits per heavy atom. The SMILES string of the molecule is CCCCNC(=O)c1ncn2c1CN(CC(=O)OC)S(=O)(=O)c1ccccc1-2. The highest BCUT2D eigenvalue weighted by atomic mass is 32.2. The molecular formula is C18H22N4O5S. The van der Waals surface area contributed by atoms with E-state index < -0.39 is 22.5 Å². The van der Waals surface area contributed by atoms with Gasteiger partial charge in [0.25, 0.3) is 5.91 Å². The molecule has 28 heavy (non-hydrogen) atoms. The van der Waals surface area contributed by atoms with Crippen LogP contribution in [0.4, 0.5) is 0 Å². The summed E-state index contributed by atoms with van der Waals surface area (Å²) in [5.41, 5.74) is 0.911. The van der Waals surface area contributed by atoms with Crippen molar-refractivity contribution in [1.82, 2.24) is 19.2 Å². The fourth-order valence-electron chi connectivity index (χ4n) is 3.00. The zero-order valence-electron chi connectivity index (χ0n) is 15.7. The quantitative estimate of drug-likeness (QED) is 0.568. The fourth-order valence-corrected chi connectivity index (χ4v) is 4.53. The lowest BCUT2D eigenvalue weighted by atomic mass is 10.2. The number of esters is 1. The third kappa shape index (κ3) is 3.65. The molecule has 1 aromatic carbocycles. The minimum atomic E-state index is -3.97. The first-order valence-electron chi connectivity index (χ1n) is 8.91. The highest BCUT2D eigenvalue weighted by Gasteiger charge is 2.36. The molecule has 0 unspecified atom stereocenters. The second kappa shape index (κ2) is 8.11. The molecule has 9 nitrogen and oxygen atoms in total. The fraction of sp³-hybridized carbons (Fsp3) is 0.389. The molecule has 0 spiro atoms. The second-order valence-corrected chi connectivity index (χ2v) is 8.24. The average Bonchev–Trinajstić information content (AvgIpc) is 3.07. The van der Waals surface area contributed by atoms with Crippen molar-refractivity contribution in [3.63, 3.8) is 0 Å². The number of sulfonamides is 1. The third-order valence-electron chi connectivity index (χ3n) is 4.50. The van der Waals surface area contributed by atoms with Gasteiger partial charge in [-0.3, -0.25) is 14.2 Å². The number of carbonyl (C=O) groups excluding carboxylic acids is 2. The molecule has 150 valence electrons. The molecule has 1 amide bonds. The normalized spacial score (nSPS) is 15.2. The summed E-state index contributed by atoms with van der Waals surface area (Å²) >= 11 is 0. The van der Waals surface area contributed by atoms with E-state index in [1.54, 1.807) is 22.8 Å². The smallest absolute Gasteiger partial charge is 0.321 e. The van der Waals surface area contributed by atoms with Gasteiger partial charge in [0.15, 0.2) is 5.69 Å². The van der Waals surface area contributed by atoms with Gasteiger partial charge >= 0.3 is 5.97 Å². The first kappa shape index (κ1) is 20.0. The number of nitrogens with zero attached hydrogens (tertiary/aromatic N) is 3. The predicted octanol–water partition coefficient (Wildman–Crippen LogP) is 1.08. The molecule has 1 aliphatic heterocycles. The molecule has 10 heteroatoms. The van der Waals surface area contributed by atoms with Crippen LogP contribution in [0.25, 0.3) is 5.69 Å². The molecule has 1 N–H and O–H groups in total. The Bertz CT molecular complexity index is 999. The lowest BCUT2D eigenvalue weighted by Gasteiger charge is -2.19. The summed E-state index contributed by atoms with van der Waals surface area (Å²) in [7, 11) is -2.78. The zero-order valence-corrected chi connectivity index (χ0v) is 16.5. The molecule has 1 aliphatic rings. The monoisotopic (exact) mass is 406 g/mol. The van der Waals surface area contributed by atoms with Crippen LogP contribution >= 0.6 is 0 Å². The number of unbranched alkanes of at least 4 members (excludes halogenated alkanes) is 1. The Hall–Kier alpha value is -2.72. The van der Waals surface area contributed by atoms with Crippen LogP contribution in [0.1, 0.15) is 35.9 Å². The van der Waals surface area contributed by atoms with Gasteiger partial charge in [-0.1, -0.05) is 25.5 Å². The minimum Gasteiger partial charge on any atom is -0.468 e. The number of methoxy groups -OCH3 is 1. The van der Waals surface area contributed by atoms with Crippen LogP contribution in [-0.4, -0.2) is 54.3 Å². The van der Waals surface area contributed by atoms with Crippen LogP contribution in [-0.2, 0) is 26.1 Å². The number of amides is 1. The summed E-state index contributed by atoms with van der Waals surface area (Å²) in [5, 5.41) is 2.79. The van der Waals surface area contributed by atoms with Gasteiger partial charge in [-0.25, -0.2) is 13.4 Å². The van der Waals surface area contributed by atoms with Crippen LogP contribution in [0.3, 0.4) is 0 Å². The van der Waals surface area contributed by atoms with E-state index in [9.17, 15) is 18.0 Å². The summed E-state index contributed by atoms with van der Waals surface area (Å²) < 4.78 is 33.5.